The molecule has 10 heteroatoms. The molecule has 0 unspecified atom stereocenters. The van der Waals surface area contributed by atoms with Crippen LogP contribution in [0.1, 0.15) is 11.5 Å². The number of benzene rings is 2. The number of H-pyrrole nitrogens is 1. The zero-order valence-corrected chi connectivity index (χ0v) is 17.5. The number of nitrogens with zero attached hydrogens (tertiary/aromatic N) is 4. The van der Waals surface area contributed by atoms with Crippen LogP contribution in [0, 0.1) is 6.92 Å². The number of rotatable bonds is 8. The molecule has 0 saturated heterocycles. The van der Waals surface area contributed by atoms with Gasteiger partial charge in [0, 0.05) is 17.4 Å². The first-order valence-electron chi connectivity index (χ1n) is 9.78. The molecule has 0 radical (unpaired) electrons. The number of ether oxygens (including phenoxy) is 2. The molecule has 1 amide bonds. The van der Waals surface area contributed by atoms with Crippen molar-refractivity contribution in [1.29, 1.82) is 0 Å². The predicted octanol–water partition coefficient (Wildman–Crippen LogP) is 3.63. The molecule has 0 aliphatic heterocycles. The third-order valence-corrected chi connectivity index (χ3v) is 4.27. The van der Waals surface area contributed by atoms with Gasteiger partial charge in [-0.2, -0.15) is 20.1 Å². The molecule has 162 valence electrons. The first-order valence-corrected chi connectivity index (χ1v) is 9.78. The van der Waals surface area contributed by atoms with Gasteiger partial charge in [-0.05, 0) is 43.3 Å². The fourth-order valence-electron chi connectivity index (χ4n) is 2.84. The van der Waals surface area contributed by atoms with Gasteiger partial charge in [0.2, 0.25) is 11.9 Å². The van der Waals surface area contributed by atoms with Gasteiger partial charge < -0.3 is 20.1 Å². The second-order valence-corrected chi connectivity index (χ2v) is 6.76. The zero-order chi connectivity index (χ0) is 22.3. The molecule has 4 aromatic rings. The summed E-state index contributed by atoms with van der Waals surface area (Å²) < 4.78 is 10.9. The van der Waals surface area contributed by atoms with E-state index in [4.69, 9.17) is 9.47 Å². The van der Waals surface area contributed by atoms with Gasteiger partial charge in [0.05, 0.1) is 13.5 Å². The van der Waals surface area contributed by atoms with Gasteiger partial charge in [-0.1, -0.05) is 18.2 Å². The Bertz CT molecular complexity index is 1190. The Hall–Kier alpha value is -4.47. The summed E-state index contributed by atoms with van der Waals surface area (Å²) in [7, 11) is 1.60. The van der Waals surface area contributed by atoms with Crippen LogP contribution in [-0.2, 0) is 11.2 Å². The van der Waals surface area contributed by atoms with E-state index in [1.807, 2.05) is 30.3 Å². The van der Waals surface area contributed by atoms with Crippen molar-refractivity contribution < 1.29 is 14.3 Å². The van der Waals surface area contributed by atoms with E-state index in [9.17, 15) is 4.79 Å². The summed E-state index contributed by atoms with van der Waals surface area (Å²) in [5.74, 6) is 2.34. The van der Waals surface area contributed by atoms with Gasteiger partial charge >= 0.3 is 6.01 Å². The minimum atomic E-state index is -0.155. The van der Waals surface area contributed by atoms with Crippen molar-refractivity contribution in [3.8, 4) is 17.5 Å². The van der Waals surface area contributed by atoms with E-state index < -0.39 is 0 Å². The molecule has 2 aromatic heterocycles. The lowest BCUT2D eigenvalue weighted by Crippen LogP contribution is -2.14. The molecule has 3 N–H and O–H groups in total. The number of anilines is 3. The van der Waals surface area contributed by atoms with Crippen LogP contribution in [0.4, 0.5) is 17.5 Å². The Balaban J connectivity index is 1.39. The van der Waals surface area contributed by atoms with E-state index in [1.165, 1.54) is 0 Å². The van der Waals surface area contributed by atoms with E-state index in [2.05, 4.69) is 35.8 Å². The van der Waals surface area contributed by atoms with Crippen molar-refractivity contribution in [1.82, 2.24) is 25.1 Å². The fraction of sp³-hybridized carbons (Fsp3) is 0.136. The lowest BCUT2D eigenvalue weighted by atomic mass is 10.2. The first-order chi connectivity index (χ1) is 15.6. The predicted molar refractivity (Wildman–Crippen MR) is 118 cm³/mol. The van der Waals surface area contributed by atoms with E-state index in [0.29, 0.717) is 23.1 Å². The lowest BCUT2D eigenvalue weighted by Gasteiger charge is -2.07. The Morgan fingerprint density at radius 3 is 2.50 bits per heavy atom. The zero-order valence-electron chi connectivity index (χ0n) is 17.5. The number of nitrogens with one attached hydrogen (secondary N) is 3. The van der Waals surface area contributed by atoms with Gasteiger partial charge in [-0.3, -0.25) is 9.89 Å². The quantitative estimate of drug-likeness (QED) is 0.386. The number of aromatic amines is 1. The van der Waals surface area contributed by atoms with Gasteiger partial charge in [0.25, 0.3) is 0 Å². The molecule has 4 rings (SSSR count). The summed E-state index contributed by atoms with van der Waals surface area (Å²) >= 11 is 0. The number of carbonyl (C=O) groups is 1. The summed E-state index contributed by atoms with van der Waals surface area (Å²) in [4.78, 5) is 24.9. The van der Waals surface area contributed by atoms with Crippen molar-refractivity contribution in [2.75, 3.05) is 17.7 Å². The number of aromatic nitrogens is 5. The number of carbonyl (C=O) groups excluding carboxylic acids is 1. The van der Waals surface area contributed by atoms with Gasteiger partial charge in [-0.25, -0.2) is 0 Å². The minimum absolute atomic E-state index is 0.142. The number of hydrogen-bond donors (Lipinski definition) is 3. The summed E-state index contributed by atoms with van der Waals surface area (Å²) in [6.07, 6.45) is 0.144. The standard InChI is InChI=1S/C22H21N7O3/c1-14-23-21(27-22(24-14)32-18-10-8-17(31-2)9-11-18)26-19-12-16(28-29-19)13-20(30)25-15-6-4-3-5-7-15/h3-12H,13H2,1-2H3,(H,25,30)(H2,23,24,26,27,28,29). The Morgan fingerprint density at radius 2 is 1.75 bits per heavy atom. The van der Waals surface area contributed by atoms with Gasteiger partial charge in [0.15, 0.2) is 5.82 Å². The summed E-state index contributed by atoms with van der Waals surface area (Å²) in [6, 6.07) is 18.2. The summed E-state index contributed by atoms with van der Waals surface area (Å²) in [6.45, 7) is 1.73. The number of para-hydroxylation sites is 1. The SMILES string of the molecule is COc1ccc(Oc2nc(C)nc(Nc3cc(CC(=O)Nc4ccccc4)[nH]n3)n2)cc1. The molecule has 0 fully saturated rings. The molecule has 0 atom stereocenters. The fourth-order valence-corrected chi connectivity index (χ4v) is 2.84. The summed E-state index contributed by atoms with van der Waals surface area (Å²) in [5.41, 5.74) is 1.38. The van der Waals surface area contributed by atoms with Crippen molar-refractivity contribution >= 4 is 23.4 Å². The highest BCUT2D eigenvalue weighted by atomic mass is 16.5. The maximum atomic E-state index is 12.2. The van der Waals surface area contributed by atoms with Crippen LogP contribution in [0.5, 0.6) is 17.5 Å². The van der Waals surface area contributed by atoms with Crippen molar-refractivity contribution in [2.24, 2.45) is 0 Å². The second kappa shape index (κ2) is 9.56. The maximum absolute atomic E-state index is 12.2. The molecular weight excluding hydrogens is 410 g/mol. The van der Waals surface area contributed by atoms with E-state index in [0.717, 1.165) is 11.4 Å². The number of amides is 1. The number of aryl methyl sites for hydroxylation is 1. The van der Waals surface area contributed by atoms with Crippen LogP contribution in [0.25, 0.3) is 0 Å². The minimum Gasteiger partial charge on any atom is -0.497 e. The average molecular weight is 431 g/mol. The van der Waals surface area contributed by atoms with Crippen LogP contribution in [0.2, 0.25) is 0 Å². The maximum Gasteiger partial charge on any atom is 0.327 e. The molecule has 0 saturated carbocycles. The van der Waals surface area contributed by atoms with E-state index in [1.54, 1.807) is 44.4 Å². The molecule has 10 nitrogen and oxygen atoms in total. The molecule has 0 bridgehead atoms. The smallest absolute Gasteiger partial charge is 0.327 e. The Kier molecular flexibility index (Phi) is 6.21. The van der Waals surface area contributed by atoms with Crippen molar-refractivity contribution in [3.05, 3.63) is 72.2 Å². The lowest BCUT2D eigenvalue weighted by molar-refractivity contribution is -0.115. The van der Waals surface area contributed by atoms with Crippen molar-refractivity contribution in [3.63, 3.8) is 0 Å². The number of hydrogen-bond acceptors (Lipinski definition) is 8. The number of methoxy groups -OCH3 is 1. The molecule has 0 aliphatic rings. The molecule has 0 spiro atoms. The Morgan fingerprint density at radius 1 is 1.00 bits per heavy atom. The van der Waals surface area contributed by atoms with Crippen LogP contribution in [0.3, 0.4) is 0 Å². The topological polar surface area (TPSA) is 127 Å². The molecule has 2 aromatic carbocycles. The molecule has 2 heterocycles. The van der Waals surface area contributed by atoms with Crippen molar-refractivity contribution in [2.45, 2.75) is 13.3 Å². The molecular formula is C22H21N7O3. The molecule has 32 heavy (non-hydrogen) atoms. The third kappa shape index (κ3) is 5.57. The van der Waals surface area contributed by atoms with Crippen LogP contribution >= 0.6 is 0 Å². The van der Waals surface area contributed by atoms with Crippen LogP contribution in [0.15, 0.2) is 60.7 Å². The second-order valence-electron chi connectivity index (χ2n) is 6.76. The van der Waals surface area contributed by atoms with Gasteiger partial charge in [0.1, 0.15) is 17.3 Å². The third-order valence-electron chi connectivity index (χ3n) is 4.27. The normalized spacial score (nSPS) is 10.4. The van der Waals surface area contributed by atoms with E-state index in [-0.39, 0.29) is 24.3 Å². The highest BCUT2D eigenvalue weighted by Crippen LogP contribution is 2.22. The first kappa shape index (κ1) is 20.8. The monoisotopic (exact) mass is 431 g/mol. The highest BCUT2D eigenvalue weighted by molar-refractivity contribution is 5.92. The summed E-state index contributed by atoms with van der Waals surface area (Å²) in [5, 5.41) is 12.8. The average Bonchev–Trinajstić information content (AvgIpc) is 3.21. The van der Waals surface area contributed by atoms with E-state index >= 15 is 0 Å². The van der Waals surface area contributed by atoms with Crippen LogP contribution in [-0.4, -0.2) is 38.2 Å². The largest absolute Gasteiger partial charge is 0.497 e. The highest BCUT2D eigenvalue weighted by Gasteiger charge is 2.11. The van der Waals surface area contributed by atoms with Crippen LogP contribution < -0.4 is 20.1 Å². The molecule has 0 aliphatic carbocycles. The Labute approximate surface area is 184 Å². The van der Waals surface area contributed by atoms with Gasteiger partial charge in [-0.15, -0.1) is 0 Å².